The average molecular weight is 346 g/mol. The molecular weight excluding hydrogens is 331 g/mol. The van der Waals surface area contributed by atoms with Crippen LogP contribution >= 0.6 is 0 Å². The molecule has 7 nitrogen and oxygen atoms in total. The molecule has 0 atom stereocenters. The average Bonchev–Trinajstić information content (AvgIpc) is 2.60. The van der Waals surface area contributed by atoms with Gasteiger partial charge in [-0.05, 0) is 36.4 Å². The van der Waals surface area contributed by atoms with Crippen molar-refractivity contribution >= 4 is 23.5 Å². The minimum absolute atomic E-state index is 0.0654. The van der Waals surface area contributed by atoms with Crippen molar-refractivity contribution < 1.29 is 28.6 Å². The Hall–Kier alpha value is -3.42. The van der Waals surface area contributed by atoms with Crippen LogP contribution in [0.3, 0.4) is 0 Å². The molecule has 0 fully saturated rings. The molecule has 2 aromatic rings. The van der Waals surface area contributed by atoms with Crippen LogP contribution in [0.1, 0.15) is 10.4 Å². The number of halogens is 1. The topological polar surface area (TPSA) is 105 Å². The van der Waals surface area contributed by atoms with Crippen LogP contribution in [-0.2, 0) is 14.3 Å². The highest BCUT2D eigenvalue weighted by atomic mass is 19.1. The fourth-order valence-corrected chi connectivity index (χ4v) is 1.82. The van der Waals surface area contributed by atoms with E-state index in [0.29, 0.717) is 5.69 Å². The van der Waals surface area contributed by atoms with Crippen LogP contribution in [0.15, 0.2) is 48.5 Å². The van der Waals surface area contributed by atoms with Crippen molar-refractivity contribution in [3.8, 4) is 5.75 Å². The zero-order chi connectivity index (χ0) is 18.2. The summed E-state index contributed by atoms with van der Waals surface area (Å²) in [6.07, 6.45) is 0. The van der Waals surface area contributed by atoms with E-state index in [1.54, 1.807) is 6.07 Å². The number of ether oxygens (including phenoxy) is 1. The van der Waals surface area contributed by atoms with Crippen LogP contribution < -0.4 is 10.6 Å². The molecule has 0 aromatic heterocycles. The number of amides is 2. The number of esters is 1. The number of aromatic hydroxyl groups is 1. The van der Waals surface area contributed by atoms with Gasteiger partial charge in [-0.2, -0.15) is 0 Å². The predicted octanol–water partition coefficient (Wildman–Crippen LogP) is 1.44. The molecule has 0 heterocycles. The molecule has 0 aliphatic carbocycles. The van der Waals surface area contributed by atoms with Gasteiger partial charge in [-0.1, -0.05) is 12.1 Å². The molecule has 0 unspecified atom stereocenters. The smallest absolute Gasteiger partial charge is 0.342 e. The number of para-hydroxylation sites is 1. The summed E-state index contributed by atoms with van der Waals surface area (Å²) in [6, 6.07) is 10.9. The van der Waals surface area contributed by atoms with Gasteiger partial charge in [0.2, 0.25) is 5.91 Å². The number of carbonyl (C=O) groups excluding carboxylic acids is 3. The molecule has 2 rings (SSSR count). The largest absolute Gasteiger partial charge is 0.507 e. The summed E-state index contributed by atoms with van der Waals surface area (Å²) in [7, 11) is 0. The van der Waals surface area contributed by atoms with Gasteiger partial charge in [-0.15, -0.1) is 0 Å². The van der Waals surface area contributed by atoms with Gasteiger partial charge < -0.3 is 20.5 Å². The van der Waals surface area contributed by atoms with Gasteiger partial charge >= 0.3 is 5.97 Å². The van der Waals surface area contributed by atoms with Crippen molar-refractivity contribution in [1.29, 1.82) is 0 Å². The van der Waals surface area contributed by atoms with E-state index in [1.165, 1.54) is 42.5 Å². The Morgan fingerprint density at radius 2 is 1.68 bits per heavy atom. The quantitative estimate of drug-likeness (QED) is 0.687. The molecular formula is C17H15FN2O5. The van der Waals surface area contributed by atoms with Gasteiger partial charge in [0, 0.05) is 5.69 Å². The molecule has 2 aromatic carbocycles. The lowest BCUT2D eigenvalue weighted by molar-refractivity contribution is -0.126. The number of carbonyl (C=O) groups is 3. The van der Waals surface area contributed by atoms with Gasteiger partial charge in [-0.3, -0.25) is 9.59 Å². The van der Waals surface area contributed by atoms with Crippen molar-refractivity contribution in [3.63, 3.8) is 0 Å². The highest BCUT2D eigenvalue weighted by Gasteiger charge is 2.14. The third-order valence-corrected chi connectivity index (χ3v) is 3.03. The Morgan fingerprint density at radius 3 is 2.36 bits per heavy atom. The number of nitrogens with one attached hydrogen (secondary N) is 2. The van der Waals surface area contributed by atoms with Crippen LogP contribution in [0.25, 0.3) is 0 Å². The highest BCUT2D eigenvalue weighted by molar-refractivity contribution is 5.96. The SMILES string of the molecule is O=C(COC(=O)c1ccccc1O)NCC(=O)Nc1ccc(F)cc1. The Kier molecular flexibility index (Phi) is 6.05. The third kappa shape index (κ3) is 5.61. The lowest BCUT2D eigenvalue weighted by atomic mass is 10.2. The van der Waals surface area contributed by atoms with Crippen molar-refractivity contribution in [2.45, 2.75) is 0 Å². The first-order valence-corrected chi connectivity index (χ1v) is 7.23. The summed E-state index contributed by atoms with van der Waals surface area (Å²) in [6.45, 7) is -0.943. The van der Waals surface area contributed by atoms with E-state index in [9.17, 15) is 23.9 Å². The minimum Gasteiger partial charge on any atom is -0.507 e. The molecule has 3 N–H and O–H groups in total. The Labute approximate surface area is 142 Å². The van der Waals surface area contributed by atoms with Gasteiger partial charge in [0.15, 0.2) is 6.61 Å². The lowest BCUT2D eigenvalue weighted by Gasteiger charge is -2.08. The Bertz CT molecular complexity index is 777. The monoisotopic (exact) mass is 346 g/mol. The molecule has 0 saturated carbocycles. The van der Waals surface area contributed by atoms with Crippen LogP contribution in [0.2, 0.25) is 0 Å². The van der Waals surface area contributed by atoms with E-state index in [4.69, 9.17) is 4.74 Å². The van der Waals surface area contributed by atoms with Gasteiger partial charge in [0.1, 0.15) is 17.1 Å². The first kappa shape index (κ1) is 17.9. The maximum Gasteiger partial charge on any atom is 0.342 e. The zero-order valence-corrected chi connectivity index (χ0v) is 13.0. The van der Waals surface area contributed by atoms with Crippen molar-refractivity contribution in [2.24, 2.45) is 0 Å². The number of phenolic OH excluding ortho intramolecular Hbond substituents is 1. The molecule has 0 radical (unpaired) electrons. The summed E-state index contributed by atoms with van der Waals surface area (Å²) in [4.78, 5) is 34.9. The predicted molar refractivity (Wildman–Crippen MR) is 86.4 cm³/mol. The molecule has 25 heavy (non-hydrogen) atoms. The minimum atomic E-state index is -0.857. The number of anilines is 1. The number of hydrogen-bond donors (Lipinski definition) is 3. The van der Waals surface area contributed by atoms with E-state index in [1.807, 2.05) is 0 Å². The second-order valence-corrected chi connectivity index (χ2v) is 4.93. The number of rotatable bonds is 6. The molecule has 0 saturated heterocycles. The summed E-state index contributed by atoms with van der Waals surface area (Å²) < 4.78 is 17.5. The van der Waals surface area contributed by atoms with Crippen LogP contribution in [0, 0.1) is 5.82 Å². The van der Waals surface area contributed by atoms with E-state index in [0.717, 1.165) is 0 Å². The van der Waals surface area contributed by atoms with Crippen molar-refractivity contribution in [2.75, 3.05) is 18.5 Å². The van der Waals surface area contributed by atoms with E-state index in [-0.39, 0.29) is 17.9 Å². The fourth-order valence-electron chi connectivity index (χ4n) is 1.82. The number of benzene rings is 2. The fraction of sp³-hybridized carbons (Fsp3) is 0.118. The standard InChI is InChI=1S/C17H15FN2O5/c18-11-5-7-12(8-6-11)20-15(22)9-19-16(23)10-25-17(24)13-3-1-2-4-14(13)21/h1-8,21H,9-10H2,(H,19,23)(H,20,22). The number of hydrogen-bond acceptors (Lipinski definition) is 5. The van der Waals surface area contributed by atoms with E-state index in [2.05, 4.69) is 10.6 Å². The lowest BCUT2D eigenvalue weighted by Crippen LogP contribution is -2.35. The second-order valence-electron chi connectivity index (χ2n) is 4.93. The van der Waals surface area contributed by atoms with E-state index < -0.39 is 30.2 Å². The maximum atomic E-state index is 12.7. The van der Waals surface area contributed by atoms with E-state index >= 15 is 0 Å². The summed E-state index contributed by atoms with van der Waals surface area (Å²) >= 11 is 0. The maximum absolute atomic E-state index is 12.7. The summed E-state index contributed by atoms with van der Waals surface area (Å²) in [5.74, 6) is -2.75. The van der Waals surface area contributed by atoms with Gasteiger partial charge in [-0.25, -0.2) is 9.18 Å². The highest BCUT2D eigenvalue weighted by Crippen LogP contribution is 2.16. The zero-order valence-electron chi connectivity index (χ0n) is 13.0. The second kappa shape index (κ2) is 8.44. The van der Waals surface area contributed by atoms with Crippen LogP contribution in [0.4, 0.5) is 10.1 Å². The molecule has 0 aliphatic rings. The third-order valence-electron chi connectivity index (χ3n) is 3.03. The Balaban J connectivity index is 1.73. The molecule has 0 spiro atoms. The molecule has 130 valence electrons. The normalized spacial score (nSPS) is 9.96. The van der Waals surface area contributed by atoms with Gasteiger partial charge in [0.05, 0.1) is 6.54 Å². The first-order valence-electron chi connectivity index (χ1n) is 7.23. The molecule has 2 amide bonds. The number of phenols is 1. The first-order chi connectivity index (χ1) is 12.0. The summed E-state index contributed by atoms with van der Waals surface area (Å²) in [5, 5.41) is 14.2. The molecule has 0 aliphatic heterocycles. The summed E-state index contributed by atoms with van der Waals surface area (Å²) in [5.41, 5.74) is 0.316. The molecule has 8 heteroatoms. The van der Waals surface area contributed by atoms with Crippen molar-refractivity contribution in [3.05, 3.63) is 59.9 Å². The Morgan fingerprint density at radius 1 is 1.00 bits per heavy atom. The van der Waals surface area contributed by atoms with Crippen LogP contribution in [0.5, 0.6) is 5.75 Å². The van der Waals surface area contributed by atoms with Gasteiger partial charge in [0.25, 0.3) is 5.91 Å². The molecule has 0 bridgehead atoms. The van der Waals surface area contributed by atoms with Crippen molar-refractivity contribution in [1.82, 2.24) is 5.32 Å². The van der Waals surface area contributed by atoms with Crippen LogP contribution in [-0.4, -0.2) is 36.0 Å².